The van der Waals surface area contributed by atoms with Gasteiger partial charge in [0, 0.05) is 30.8 Å². The summed E-state index contributed by atoms with van der Waals surface area (Å²) in [4.78, 5) is 25.1. The summed E-state index contributed by atoms with van der Waals surface area (Å²) in [5.74, 6) is -0.193. The van der Waals surface area contributed by atoms with E-state index in [1.165, 1.54) is 21.3 Å². The lowest BCUT2D eigenvalue weighted by Crippen LogP contribution is -2.29. The number of benzene rings is 2. The fraction of sp³-hybridized carbons (Fsp3) is 0.278. The Balaban J connectivity index is 1.67. The summed E-state index contributed by atoms with van der Waals surface area (Å²) in [5.41, 5.74) is 2.18. The van der Waals surface area contributed by atoms with Crippen LogP contribution in [0.4, 0.5) is 17.1 Å². The van der Waals surface area contributed by atoms with Crippen LogP contribution in [0, 0.1) is 10.1 Å². The van der Waals surface area contributed by atoms with Crippen LogP contribution in [0.3, 0.4) is 0 Å². The number of non-ortho nitro benzene ring substituents is 1. The van der Waals surface area contributed by atoms with Gasteiger partial charge in [0.15, 0.2) is 0 Å². The zero-order valence-electron chi connectivity index (χ0n) is 14.4. The molecule has 140 valence electrons. The number of sulfonamides is 1. The van der Waals surface area contributed by atoms with Crippen LogP contribution in [0.2, 0.25) is 0 Å². The van der Waals surface area contributed by atoms with Crippen molar-refractivity contribution in [2.24, 2.45) is 0 Å². The van der Waals surface area contributed by atoms with E-state index < -0.39 is 14.9 Å². The molecule has 9 heteroatoms. The lowest BCUT2D eigenvalue weighted by molar-refractivity contribution is -0.384. The monoisotopic (exact) mass is 387 g/mol. The topological polar surface area (TPSA) is 101 Å². The van der Waals surface area contributed by atoms with Crippen molar-refractivity contribution in [2.75, 3.05) is 28.0 Å². The molecular formula is C18H17N3O5S. The SMILES string of the molecule is O=C(c1cccc(N2CCCS2(=O)=O)c1)N1CCc2ccc([N+](=O)[O-])cc21. The predicted octanol–water partition coefficient (Wildman–Crippen LogP) is 2.34. The van der Waals surface area contributed by atoms with E-state index in [2.05, 4.69) is 0 Å². The lowest BCUT2D eigenvalue weighted by Gasteiger charge is -2.20. The van der Waals surface area contributed by atoms with Crippen LogP contribution in [0.15, 0.2) is 42.5 Å². The van der Waals surface area contributed by atoms with Crippen molar-refractivity contribution < 1.29 is 18.1 Å². The first kappa shape index (κ1) is 17.5. The van der Waals surface area contributed by atoms with Gasteiger partial charge in [0.05, 0.1) is 22.1 Å². The van der Waals surface area contributed by atoms with E-state index in [0.29, 0.717) is 42.9 Å². The summed E-state index contributed by atoms with van der Waals surface area (Å²) in [7, 11) is -3.33. The molecule has 2 aliphatic rings. The second-order valence-corrected chi connectivity index (χ2v) is 8.58. The number of fused-ring (bicyclic) bond motifs is 1. The largest absolute Gasteiger partial charge is 0.307 e. The maximum Gasteiger partial charge on any atom is 0.271 e. The normalized spacial score (nSPS) is 17.8. The molecule has 0 aliphatic carbocycles. The number of carbonyl (C=O) groups excluding carboxylic acids is 1. The Labute approximate surface area is 156 Å². The van der Waals surface area contributed by atoms with E-state index in [4.69, 9.17) is 0 Å². The molecule has 0 aromatic heterocycles. The van der Waals surface area contributed by atoms with Gasteiger partial charge in [-0.2, -0.15) is 0 Å². The number of carbonyl (C=O) groups is 1. The van der Waals surface area contributed by atoms with Crippen LogP contribution >= 0.6 is 0 Å². The average molecular weight is 387 g/mol. The summed E-state index contributed by atoms with van der Waals surface area (Å²) in [5, 5.41) is 11.0. The Morgan fingerprint density at radius 3 is 2.63 bits per heavy atom. The standard InChI is InChI=1S/C18H17N3O5S/c22-18(19-9-7-13-5-6-16(21(23)24)12-17(13)19)14-3-1-4-15(11-14)20-8-2-10-27(20,25)26/h1,3-6,11-12H,2,7-10H2. The van der Waals surface area contributed by atoms with Crippen LogP contribution in [-0.4, -0.2) is 38.1 Å². The van der Waals surface area contributed by atoms with Gasteiger partial charge in [-0.25, -0.2) is 8.42 Å². The van der Waals surface area contributed by atoms with Gasteiger partial charge in [0.25, 0.3) is 11.6 Å². The Hall–Kier alpha value is -2.94. The highest BCUT2D eigenvalue weighted by Crippen LogP contribution is 2.33. The number of hydrogen-bond donors (Lipinski definition) is 0. The van der Waals surface area contributed by atoms with Crippen molar-refractivity contribution in [1.29, 1.82) is 0 Å². The molecule has 2 aromatic rings. The zero-order chi connectivity index (χ0) is 19.2. The predicted molar refractivity (Wildman–Crippen MR) is 101 cm³/mol. The van der Waals surface area contributed by atoms with Crippen molar-refractivity contribution in [3.8, 4) is 0 Å². The molecule has 4 rings (SSSR count). The third kappa shape index (κ3) is 3.03. The average Bonchev–Trinajstić information content (AvgIpc) is 3.23. The van der Waals surface area contributed by atoms with Gasteiger partial charge in [-0.1, -0.05) is 12.1 Å². The summed E-state index contributed by atoms with van der Waals surface area (Å²) >= 11 is 0. The van der Waals surface area contributed by atoms with Crippen LogP contribution < -0.4 is 9.21 Å². The summed E-state index contributed by atoms with van der Waals surface area (Å²) in [6.45, 7) is 0.834. The molecule has 1 amide bonds. The van der Waals surface area contributed by atoms with Gasteiger partial charge >= 0.3 is 0 Å². The quantitative estimate of drug-likeness (QED) is 0.594. The van der Waals surface area contributed by atoms with Crippen molar-refractivity contribution in [1.82, 2.24) is 0 Å². The molecular weight excluding hydrogens is 370 g/mol. The van der Waals surface area contributed by atoms with Gasteiger partial charge < -0.3 is 4.90 Å². The lowest BCUT2D eigenvalue weighted by atomic mass is 10.1. The van der Waals surface area contributed by atoms with E-state index in [-0.39, 0.29) is 17.3 Å². The van der Waals surface area contributed by atoms with Gasteiger partial charge in [-0.3, -0.25) is 19.2 Å². The van der Waals surface area contributed by atoms with Crippen molar-refractivity contribution in [2.45, 2.75) is 12.8 Å². The van der Waals surface area contributed by atoms with E-state index in [1.54, 1.807) is 30.3 Å². The Morgan fingerprint density at radius 1 is 1.11 bits per heavy atom. The highest BCUT2D eigenvalue weighted by Gasteiger charge is 2.30. The van der Waals surface area contributed by atoms with Crippen LogP contribution in [0.25, 0.3) is 0 Å². The highest BCUT2D eigenvalue weighted by molar-refractivity contribution is 7.93. The summed E-state index contributed by atoms with van der Waals surface area (Å²) in [6, 6.07) is 11.0. The maximum absolute atomic E-state index is 13.0. The van der Waals surface area contributed by atoms with Crippen LogP contribution in [0.1, 0.15) is 22.3 Å². The molecule has 0 unspecified atom stereocenters. The molecule has 0 spiro atoms. The van der Waals surface area contributed by atoms with E-state index in [1.807, 2.05) is 0 Å². The van der Waals surface area contributed by atoms with Crippen molar-refractivity contribution >= 4 is 33.0 Å². The van der Waals surface area contributed by atoms with Gasteiger partial charge in [0.2, 0.25) is 10.0 Å². The van der Waals surface area contributed by atoms with Crippen LogP contribution in [0.5, 0.6) is 0 Å². The van der Waals surface area contributed by atoms with Gasteiger partial charge in [-0.15, -0.1) is 0 Å². The minimum atomic E-state index is -3.33. The minimum absolute atomic E-state index is 0.0645. The number of nitro benzene ring substituents is 1. The Kier molecular flexibility index (Phi) is 4.11. The third-order valence-electron chi connectivity index (χ3n) is 4.90. The molecule has 1 saturated heterocycles. The van der Waals surface area contributed by atoms with Gasteiger partial charge in [0.1, 0.15) is 0 Å². The first-order chi connectivity index (χ1) is 12.9. The minimum Gasteiger partial charge on any atom is -0.307 e. The first-order valence-corrected chi connectivity index (χ1v) is 10.2. The Morgan fingerprint density at radius 2 is 1.93 bits per heavy atom. The van der Waals surface area contributed by atoms with E-state index in [0.717, 1.165) is 5.56 Å². The van der Waals surface area contributed by atoms with Gasteiger partial charge in [-0.05, 0) is 36.6 Å². The molecule has 2 aliphatic heterocycles. The second-order valence-electron chi connectivity index (χ2n) is 6.57. The summed E-state index contributed by atoms with van der Waals surface area (Å²) in [6.07, 6.45) is 1.18. The molecule has 27 heavy (non-hydrogen) atoms. The first-order valence-electron chi connectivity index (χ1n) is 8.56. The molecule has 0 radical (unpaired) electrons. The number of rotatable bonds is 3. The molecule has 8 nitrogen and oxygen atoms in total. The fourth-order valence-corrected chi connectivity index (χ4v) is 5.13. The second kappa shape index (κ2) is 6.34. The third-order valence-corrected chi connectivity index (χ3v) is 6.77. The molecule has 2 aromatic carbocycles. The molecule has 0 atom stereocenters. The highest BCUT2D eigenvalue weighted by atomic mass is 32.2. The molecule has 0 bridgehead atoms. The number of hydrogen-bond acceptors (Lipinski definition) is 5. The Bertz CT molecular complexity index is 1050. The molecule has 0 N–H and O–H groups in total. The molecule has 2 heterocycles. The zero-order valence-corrected chi connectivity index (χ0v) is 15.2. The number of anilines is 2. The smallest absolute Gasteiger partial charge is 0.271 e. The van der Waals surface area contributed by atoms with E-state index >= 15 is 0 Å². The van der Waals surface area contributed by atoms with Crippen molar-refractivity contribution in [3.63, 3.8) is 0 Å². The maximum atomic E-state index is 13.0. The van der Waals surface area contributed by atoms with Crippen molar-refractivity contribution in [3.05, 3.63) is 63.7 Å². The molecule has 1 fully saturated rings. The summed E-state index contributed by atoms with van der Waals surface area (Å²) < 4.78 is 25.6. The number of nitrogens with zero attached hydrogens (tertiary/aromatic N) is 3. The van der Waals surface area contributed by atoms with Crippen LogP contribution in [-0.2, 0) is 16.4 Å². The number of amides is 1. The van der Waals surface area contributed by atoms with E-state index in [9.17, 15) is 23.3 Å². The fourth-order valence-electron chi connectivity index (χ4n) is 3.57. The molecule has 0 saturated carbocycles. The number of nitro groups is 1.